The Morgan fingerprint density at radius 3 is 2.38 bits per heavy atom. The van der Waals surface area contributed by atoms with E-state index in [1.807, 2.05) is 0 Å². The number of carbonyl (C=O) groups excluding carboxylic acids is 2. The fourth-order valence-electron chi connectivity index (χ4n) is 2.95. The maximum Gasteiger partial charge on any atom is 0.337 e. The lowest BCUT2D eigenvalue weighted by molar-refractivity contribution is 0.0600. The first-order valence-corrected chi connectivity index (χ1v) is 8.74. The SMILES string of the molecule is COC(=O)c1ccc(NC(=O)c2cc(N3CCCCCC3)ncn2)cc1. The van der Waals surface area contributed by atoms with E-state index in [0.29, 0.717) is 16.9 Å². The van der Waals surface area contributed by atoms with Gasteiger partial charge >= 0.3 is 5.97 Å². The number of methoxy groups -OCH3 is 1. The molecule has 7 nitrogen and oxygen atoms in total. The molecule has 7 heteroatoms. The van der Waals surface area contributed by atoms with Crippen LogP contribution in [0.2, 0.25) is 0 Å². The summed E-state index contributed by atoms with van der Waals surface area (Å²) in [5.41, 5.74) is 1.32. The molecular formula is C19H22N4O3. The van der Waals surface area contributed by atoms with E-state index in [9.17, 15) is 9.59 Å². The molecule has 1 aromatic carbocycles. The maximum absolute atomic E-state index is 12.5. The van der Waals surface area contributed by atoms with Crippen LogP contribution in [0, 0.1) is 0 Å². The molecule has 0 bridgehead atoms. The minimum absolute atomic E-state index is 0.311. The summed E-state index contributed by atoms with van der Waals surface area (Å²) in [7, 11) is 1.33. The van der Waals surface area contributed by atoms with Crippen LogP contribution in [0.25, 0.3) is 0 Å². The highest BCUT2D eigenvalue weighted by Crippen LogP contribution is 2.18. The van der Waals surface area contributed by atoms with Crippen LogP contribution in [0.4, 0.5) is 11.5 Å². The minimum atomic E-state index is -0.416. The van der Waals surface area contributed by atoms with Crippen LogP contribution in [0.1, 0.15) is 46.5 Å². The second-order valence-corrected chi connectivity index (χ2v) is 6.19. The molecule has 136 valence electrons. The van der Waals surface area contributed by atoms with E-state index in [2.05, 4.69) is 24.9 Å². The van der Waals surface area contributed by atoms with E-state index < -0.39 is 5.97 Å². The lowest BCUT2D eigenvalue weighted by atomic mass is 10.2. The molecule has 1 N–H and O–H groups in total. The van der Waals surface area contributed by atoms with Gasteiger partial charge in [0.25, 0.3) is 5.91 Å². The van der Waals surface area contributed by atoms with Crippen LogP contribution in [0.5, 0.6) is 0 Å². The highest BCUT2D eigenvalue weighted by molar-refractivity contribution is 6.03. The number of aromatic nitrogens is 2. The first-order chi connectivity index (χ1) is 12.7. The van der Waals surface area contributed by atoms with Gasteiger partial charge in [-0.15, -0.1) is 0 Å². The van der Waals surface area contributed by atoms with Gasteiger partial charge in [-0.1, -0.05) is 12.8 Å². The predicted molar refractivity (Wildman–Crippen MR) is 98.4 cm³/mol. The predicted octanol–water partition coefficient (Wildman–Crippen LogP) is 2.90. The summed E-state index contributed by atoms with van der Waals surface area (Å²) in [5.74, 6) is 0.0585. The average molecular weight is 354 g/mol. The highest BCUT2D eigenvalue weighted by Gasteiger charge is 2.15. The molecule has 26 heavy (non-hydrogen) atoms. The fourth-order valence-corrected chi connectivity index (χ4v) is 2.95. The van der Waals surface area contributed by atoms with Gasteiger partial charge in [0.1, 0.15) is 17.8 Å². The standard InChI is InChI=1S/C19H22N4O3/c1-26-19(25)14-6-8-15(9-7-14)22-18(24)16-12-17(21-13-20-16)23-10-4-2-3-5-11-23/h6-9,12-13H,2-5,10-11H2,1H3,(H,22,24). The van der Waals surface area contributed by atoms with Crippen molar-refractivity contribution in [1.82, 2.24) is 9.97 Å². The summed E-state index contributed by atoms with van der Waals surface area (Å²) in [4.78, 5) is 34.5. The monoisotopic (exact) mass is 354 g/mol. The normalized spacial score (nSPS) is 14.4. The number of rotatable bonds is 4. The van der Waals surface area contributed by atoms with E-state index in [4.69, 9.17) is 0 Å². The van der Waals surface area contributed by atoms with Gasteiger partial charge in [0.05, 0.1) is 12.7 Å². The third-order valence-electron chi connectivity index (χ3n) is 4.38. The number of nitrogens with one attached hydrogen (secondary N) is 1. The zero-order valence-electron chi connectivity index (χ0n) is 14.8. The molecule has 0 unspecified atom stereocenters. The lowest BCUT2D eigenvalue weighted by Gasteiger charge is -2.21. The summed E-state index contributed by atoms with van der Waals surface area (Å²) < 4.78 is 4.66. The molecule has 1 aliphatic heterocycles. The fraction of sp³-hybridized carbons (Fsp3) is 0.368. The summed E-state index contributed by atoms with van der Waals surface area (Å²) >= 11 is 0. The first-order valence-electron chi connectivity index (χ1n) is 8.74. The summed E-state index contributed by atoms with van der Waals surface area (Å²) in [6.45, 7) is 1.90. The minimum Gasteiger partial charge on any atom is -0.465 e. The molecule has 0 radical (unpaired) electrons. The maximum atomic E-state index is 12.5. The molecule has 1 fully saturated rings. The van der Waals surface area contributed by atoms with Crippen molar-refractivity contribution in [3.63, 3.8) is 0 Å². The van der Waals surface area contributed by atoms with Crippen LogP contribution in [-0.2, 0) is 4.74 Å². The van der Waals surface area contributed by atoms with E-state index in [-0.39, 0.29) is 5.91 Å². The van der Waals surface area contributed by atoms with Crippen LogP contribution in [0.3, 0.4) is 0 Å². The molecule has 1 amide bonds. The number of nitrogens with zero attached hydrogens (tertiary/aromatic N) is 3. The second kappa shape index (κ2) is 8.42. The third kappa shape index (κ3) is 4.36. The Labute approximate surface area is 152 Å². The topological polar surface area (TPSA) is 84.4 Å². The van der Waals surface area contributed by atoms with Crippen molar-refractivity contribution in [3.8, 4) is 0 Å². The molecule has 3 rings (SSSR count). The molecule has 0 saturated carbocycles. The van der Waals surface area contributed by atoms with Crippen molar-refractivity contribution in [2.24, 2.45) is 0 Å². The quantitative estimate of drug-likeness (QED) is 0.850. The van der Waals surface area contributed by atoms with Gasteiger partial charge in [0.15, 0.2) is 0 Å². The van der Waals surface area contributed by atoms with Crippen molar-refractivity contribution >= 4 is 23.4 Å². The third-order valence-corrected chi connectivity index (χ3v) is 4.38. The zero-order chi connectivity index (χ0) is 18.4. The van der Waals surface area contributed by atoms with Gasteiger partial charge in [-0.05, 0) is 37.1 Å². The number of amides is 1. The van der Waals surface area contributed by atoms with E-state index in [1.165, 1.54) is 26.3 Å². The molecule has 1 aliphatic rings. The first kappa shape index (κ1) is 17.8. The Balaban J connectivity index is 1.69. The Bertz CT molecular complexity index is 769. The summed E-state index contributed by atoms with van der Waals surface area (Å²) in [5, 5.41) is 2.79. The summed E-state index contributed by atoms with van der Waals surface area (Å²) in [6, 6.07) is 8.24. The van der Waals surface area contributed by atoms with Gasteiger partial charge in [-0.25, -0.2) is 14.8 Å². The Kier molecular flexibility index (Phi) is 5.78. The van der Waals surface area contributed by atoms with Gasteiger partial charge in [-0.3, -0.25) is 4.79 Å². The van der Waals surface area contributed by atoms with Gasteiger partial charge < -0.3 is 15.0 Å². The molecule has 0 atom stereocenters. The number of anilines is 2. The molecular weight excluding hydrogens is 332 g/mol. The molecule has 1 saturated heterocycles. The number of ether oxygens (including phenoxy) is 1. The molecule has 0 spiro atoms. The highest BCUT2D eigenvalue weighted by atomic mass is 16.5. The van der Waals surface area contributed by atoms with Gasteiger partial charge in [0.2, 0.25) is 0 Å². The smallest absolute Gasteiger partial charge is 0.337 e. The van der Waals surface area contributed by atoms with Crippen LogP contribution in [-0.4, -0.2) is 42.0 Å². The van der Waals surface area contributed by atoms with Crippen molar-refractivity contribution in [2.75, 3.05) is 30.4 Å². The van der Waals surface area contributed by atoms with Crippen molar-refractivity contribution in [1.29, 1.82) is 0 Å². The van der Waals surface area contributed by atoms with Gasteiger partial charge in [-0.2, -0.15) is 0 Å². The van der Waals surface area contributed by atoms with Gasteiger partial charge in [0, 0.05) is 24.8 Å². The number of hydrogen-bond donors (Lipinski definition) is 1. The van der Waals surface area contributed by atoms with Crippen LogP contribution in [0.15, 0.2) is 36.7 Å². The second-order valence-electron chi connectivity index (χ2n) is 6.19. The molecule has 2 heterocycles. The number of hydrogen-bond acceptors (Lipinski definition) is 6. The molecule has 2 aromatic rings. The Hall–Kier alpha value is -2.96. The Morgan fingerprint density at radius 1 is 1.04 bits per heavy atom. The van der Waals surface area contributed by atoms with Crippen molar-refractivity contribution in [3.05, 3.63) is 47.9 Å². The van der Waals surface area contributed by atoms with E-state index >= 15 is 0 Å². The van der Waals surface area contributed by atoms with Crippen LogP contribution < -0.4 is 10.2 Å². The van der Waals surface area contributed by atoms with E-state index in [0.717, 1.165) is 31.7 Å². The molecule has 1 aromatic heterocycles. The van der Waals surface area contributed by atoms with E-state index in [1.54, 1.807) is 30.3 Å². The lowest BCUT2D eigenvalue weighted by Crippen LogP contribution is -2.25. The van der Waals surface area contributed by atoms with Crippen molar-refractivity contribution < 1.29 is 14.3 Å². The number of benzene rings is 1. The number of carbonyl (C=O) groups is 2. The molecule has 0 aliphatic carbocycles. The van der Waals surface area contributed by atoms with Crippen LogP contribution >= 0.6 is 0 Å². The number of esters is 1. The largest absolute Gasteiger partial charge is 0.465 e. The van der Waals surface area contributed by atoms with Crippen molar-refractivity contribution in [2.45, 2.75) is 25.7 Å². The summed E-state index contributed by atoms with van der Waals surface area (Å²) in [6.07, 6.45) is 6.17. The average Bonchev–Trinajstić information content (AvgIpc) is 2.97. The Morgan fingerprint density at radius 2 is 1.73 bits per heavy atom. The zero-order valence-corrected chi connectivity index (χ0v) is 14.8.